The number of unbranched alkanes of at least 4 members (excludes halogenated alkanes) is 1. The number of rotatable bonds is 13. The molecule has 35 heavy (non-hydrogen) atoms. The average molecular weight is 511 g/mol. The Morgan fingerprint density at radius 1 is 1.11 bits per heavy atom. The molecule has 1 atom stereocenters. The van der Waals surface area contributed by atoms with Gasteiger partial charge in [-0.3, -0.25) is 4.68 Å². The first-order chi connectivity index (χ1) is 16.2. The Kier molecular flexibility index (Phi) is 16.1. The van der Waals surface area contributed by atoms with Crippen LogP contribution in [0.25, 0.3) is 0 Å². The van der Waals surface area contributed by atoms with Crippen molar-refractivity contribution < 1.29 is 9.53 Å². The van der Waals surface area contributed by atoms with E-state index < -0.39 is 5.60 Å². The van der Waals surface area contributed by atoms with Gasteiger partial charge in [-0.1, -0.05) is 73.5 Å². The second kappa shape index (κ2) is 16.9. The number of alkyl carbamates (subject to hydrolysis) is 1. The lowest BCUT2D eigenvalue weighted by molar-refractivity contribution is 0.0527. The van der Waals surface area contributed by atoms with Crippen LogP contribution in [0.5, 0.6) is 0 Å². The molecule has 0 fully saturated rings. The summed E-state index contributed by atoms with van der Waals surface area (Å²) < 4.78 is 7.33. The molecule has 0 spiro atoms. The van der Waals surface area contributed by atoms with Crippen LogP contribution in [0.2, 0.25) is 0 Å². The number of thiocarbonyl (C=S) groups is 1. The van der Waals surface area contributed by atoms with Crippen molar-refractivity contribution in [3.8, 4) is 0 Å². The fraction of sp³-hybridized carbons (Fsp3) is 0.821. The Morgan fingerprint density at radius 2 is 1.71 bits per heavy atom. The number of nitrogens with one attached hydrogen (secondary N) is 1. The molecule has 7 heteroatoms. The molecule has 1 N–H and O–H groups in total. The predicted octanol–water partition coefficient (Wildman–Crippen LogP) is 7.49. The van der Waals surface area contributed by atoms with Crippen molar-refractivity contribution in [2.45, 2.75) is 114 Å². The summed E-state index contributed by atoms with van der Waals surface area (Å²) in [6, 6.07) is 0. The summed E-state index contributed by atoms with van der Waals surface area (Å²) in [6.07, 6.45) is 6.21. The molecule has 0 aliphatic rings. The topological polar surface area (TPSA) is 59.4 Å². The van der Waals surface area contributed by atoms with E-state index in [1.807, 2.05) is 32.4 Å². The molecule has 1 aromatic rings. The molecule has 1 rings (SSSR count). The van der Waals surface area contributed by atoms with Gasteiger partial charge in [0, 0.05) is 37.2 Å². The monoisotopic (exact) mass is 510 g/mol. The van der Waals surface area contributed by atoms with Crippen molar-refractivity contribution >= 4 is 28.9 Å². The third-order valence-electron chi connectivity index (χ3n) is 4.88. The van der Waals surface area contributed by atoms with Crippen molar-refractivity contribution in [1.82, 2.24) is 15.1 Å². The number of carbonyl (C=O) groups is 1. The highest BCUT2D eigenvalue weighted by Crippen LogP contribution is 2.25. The van der Waals surface area contributed by atoms with Crippen LogP contribution in [0.1, 0.15) is 108 Å². The summed E-state index contributed by atoms with van der Waals surface area (Å²) in [6.45, 7) is 26.6. The molecule has 0 unspecified atom stereocenters. The van der Waals surface area contributed by atoms with E-state index in [9.17, 15) is 4.79 Å². The van der Waals surface area contributed by atoms with Gasteiger partial charge in [-0.25, -0.2) is 4.79 Å². The Hall–Kier alpha value is -1.63. The first kappa shape index (κ1) is 33.4. The average Bonchev–Trinajstić information content (AvgIpc) is 3.09. The van der Waals surface area contributed by atoms with E-state index in [1.165, 1.54) is 6.42 Å². The second-order valence-electron chi connectivity index (χ2n) is 11.6. The van der Waals surface area contributed by atoms with E-state index in [0.717, 1.165) is 55.1 Å². The molecule has 1 amide bonds. The number of amides is 1. The largest absolute Gasteiger partial charge is 0.444 e. The fourth-order valence-corrected chi connectivity index (χ4v) is 3.81. The predicted molar refractivity (Wildman–Crippen MR) is 155 cm³/mol. The van der Waals surface area contributed by atoms with Gasteiger partial charge in [-0.15, -0.1) is 0 Å². The van der Waals surface area contributed by atoms with Crippen LogP contribution in [0.4, 0.5) is 10.5 Å². The van der Waals surface area contributed by atoms with E-state index in [0.29, 0.717) is 24.3 Å². The number of carbonyl (C=O) groups excluding carboxylic acids is 1. The molecule has 0 radical (unpaired) electrons. The Labute approximate surface area is 221 Å². The number of hydrogen-bond donors (Lipinski definition) is 1. The van der Waals surface area contributed by atoms with Gasteiger partial charge < -0.3 is 15.0 Å². The van der Waals surface area contributed by atoms with Crippen molar-refractivity contribution in [3.63, 3.8) is 0 Å². The number of nitrogens with zero attached hydrogens (tertiary/aromatic N) is 3. The van der Waals surface area contributed by atoms with Crippen LogP contribution in [0.3, 0.4) is 0 Å². The Balaban J connectivity index is 0.00000365. The minimum Gasteiger partial charge on any atom is -0.444 e. The minimum atomic E-state index is -0.457. The molecular weight excluding hydrogens is 456 g/mol. The highest BCUT2D eigenvalue weighted by atomic mass is 32.1. The van der Waals surface area contributed by atoms with Crippen LogP contribution >= 0.6 is 12.2 Å². The SMILES string of the molecule is CC(=S)c1nn(CC(C)C)cc1N(CC(C)C)C[C@@H](C)CCCCNC(=O)OC(C)(C)C.CCC. The van der Waals surface area contributed by atoms with Crippen LogP contribution < -0.4 is 10.2 Å². The van der Waals surface area contributed by atoms with Crippen molar-refractivity contribution in [2.24, 2.45) is 17.8 Å². The van der Waals surface area contributed by atoms with Gasteiger partial charge in [0.05, 0.1) is 5.69 Å². The molecule has 0 aliphatic heterocycles. The maximum atomic E-state index is 11.8. The highest BCUT2D eigenvalue weighted by Gasteiger charge is 2.21. The fourth-order valence-electron chi connectivity index (χ4n) is 3.66. The van der Waals surface area contributed by atoms with Gasteiger partial charge in [0.1, 0.15) is 11.3 Å². The van der Waals surface area contributed by atoms with Gasteiger partial charge in [0.2, 0.25) is 0 Å². The Bertz CT molecular complexity index is 738. The third-order valence-corrected chi connectivity index (χ3v) is 5.07. The standard InChI is InChI=1S/C25H46N4O2S.C3H8/c1-18(2)14-28(22-17-29(15-19(3)4)27-23(22)21(6)32)16-20(5)12-10-11-13-26-24(30)31-25(7,8)9;1-3-2/h17-20H,10-16H2,1-9H3,(H,26,30);3H2,1-2H3/t20-;/m0./s1. The Morgan fingerprint density at radius 3 is 2.20 bits per heavy atom. The van der Waals surface area contributed by atoms with E-state index in [-0.39, 0.29) is 6.09 Å². The molecule has 0 bridgehead atoms. The molecule has 204 valence electrons. The summed E-state index contributed by atoms with van der Waals surface area (Å²) in [5.74, 6) is 1.61. The van der Waals surface area contributed by atoms with Gasteiger partial charge >= 0.3 is 6.09 Å². The number of anilines is 1. The number of aromatic nitrogens is 2. The zero-order valence-corrected chi connectivity index (χ0v) is 25.3. The van der Waals surface area contributed by atoms with E-state index in [4.69, 9.17) is 22.1 Å². The number of ether oxygens (including phenoxy) is 1. The van der Waals surface area contributed by atoms with Crippen LogP contribution in [-0.2, 0) is 11.3 Å². The number of hydrogen-bond acceptors (Lipinski definition) is 5. The third kappa shape index (κ3) is 15.9. The highest BCUT2D eigenvalue weighted by molar-refractivity contribution is 7.80. The smallest absolute Gasteiger partial charge is 0.407 e. The molecule has 6 nitrogen and oxygen atoms in total. The molecule has 0 saturated carbocycles. The lowest BCUT2D eigenvalue weighted by Crippen LogP contribution is -2.33. The minimum absolute atomic E-state index is 0.338. The van der Waals surface area contributed by atoms with E-state index in [2.05, 4.69) is 64.9 Å². The van der Waals surface area contributed by atoms with Crippen LogP contribution in [-0.4, -0.2) is 46.0 Å². The lowest BCUT2D eigenvalue weighted by atomic mass is 10.0. The molecule has 1 heterocycles. The van der Waals surface area contributed by atoms with Gasteiger partial charge in [-0.2, -0.15) is 5.10 Å². The van der Waals surface area contributed by atoms with Crippen LogP contribution in [0, 0.1) is 17.8 Å². The van der Waals surface area contributed by atoms with Crippen molar-refractivity contribution in [1.29, 1.82) is 0 Å². The molecule has 1 aromatic heterocycles. The lowest BCUT2D eigenvalue weighted by Gasteiger charge is -2.29. The normalized spacial score (nSPS) is 12.3. The van der Waals surface area contributed by atoms with E-state index >= 15 is 0 Å². The first-order valence-corrected chi connectivity index (χ1v) is 13.9. The van der Waals surface area contributed by atoms with Gasteiger partial charge in [0.15, 0.2) is 0 Å². The van der Waals surface area contributed by atoms with Crippen molar-refractivity contribution in [3.05, 3.63) is 11.9 Å². The summed E-state index contributed by atoms with van der Waals surface area (Å²) >= 11 is 5.53. The van der Waals surface area contributed by atoms with Gasteiger partial charge in [-0.05, 0) is 58.3 Å². The summed E-state index contributed by atoms with van der Waals surface area (Å²) in [5, 5.41) is 7.64. The molecule has 0 saturated heterocycles. The summed E-state index contributed by atoms with van der Waals surface area (Å²) in [4.78, 5) is 15.1. The molecule has 0 aromatic carbocycles. The van der Waals surface area contributed by atoms with Gasteiger partial charge in [0.25, 0.3) is 0 Å². The first-order valence-electron chi connectivity index (χ1n) is 13.5. The quantitative estimate of drug-likeness (QED) is 0.169. The maximum Gasteiger partial charge on any atom is 0.407 e. The second-order valence-corrected chi connectivity index (χ2v) is 12.2. The summed E-state index contributed by atoms with van der Waals surface area (Å²) in [5.41, 5.74) is 1.64. The molecular formula is C28H54N4O2S. The van der Waals surface area contributed by atoms with Crippen molar-refractivity contribution in [2.75, 3.05) is 24.5 Å². The zero-order chi connectivity index (χ0) is 27.2. The zero-order valence-electron chi connectivity index (χ0n) is 24.5. The van der Waals surface area contributed by atoms with Crippen LogP contribution in [0.15, 0.2) is 6.20 Å². The van der Waals surface area contributed by atoms with E-state index in [1.54, 1.807) is 0 Å². The maximum absolute atomic E-state index is 11.8. The molecule has 0 aliphatic carbocycles. The summed E-state index contributed by atoms with van der Waals surface area (Å²) in [7, 11) is 0.